The zero-order chi connectivity index (χ0) is 31.7. The fraction of sp³-hybridized carbons (Fsp3) is 0.222. The highest BCUT2D eigenvalue weighted by Gasteiger charge is 2.74. The molecule has 6 atom stereocenters. The van der Waals surface area contributed by atoms with Crippen LogP contribution in [-0.4, -0.2) is 59.9 Å². The van der Waals surface area contributed by atoms with Gasteiger partial charge in [-0.05, 0) is 36.4 Å². The van der Waals surface area contributed by atoms with Crippen molar-refractivity contribution < 1.29 is 28.7 Å². The number of fused-ring (bicyclic) bond motifs is 5. The van der Waals surface area contributed by atoms with Gasteiger partial charge in [-0.2, -0.15) is 0 Å². The summed E-state index contributed by atoms with van der Waals surface area (Å²) >= 11 is 0. The standard InChI is InChI=1S/C36H30N4O6/c1-45-25-19-11-9-17-23(25)29-27-31(35(43)37(33(27)41)21-13-5-3-6-14-21)40-30(24-18-10-12-20-26(24)46-2)28-32(39(29)40)36(44)38(34(28)42)22-15-7-4-8-16-22/h3-20,27-32H,1-2H3/t27-,28+,29-,30-,31+,32-/m1/s1. The molecule has 0 bridgehead atoms. The number of para-hydroxylation sites is 4. The average molecular weight is 615 g/mol. The molecule has 8 rings (SSSR count). The van der Waals surface area contributed by atoms with E-state index >= 15 is 0 Å². The van der Waals surface area contributed by atoms with Gasteiger partial charge in [0, 0.05) is 11.1 Å². The number of methoxy groups -OCH3 is 2. The molecular formula is C36H30N4O6. The van der Waals surface area contributed by atoms with Crippen molar-refractivity contribution in [3.8, 4) is 11.5 Å². The van der Waals surface area contributed by atoms with E-state index < -0.39 is 47.8 Å². The van der Waals surface area contributed by atoms with Gasteiger partial charge in [-0.1, -0.05) is 72.8 Å². The second kappa shape index (κ2) is 10.6. The number of imide groups is 2. The van der Waals surface area contributed by atoms with Crippen LogP contribution in [-0.2, 0) is 19.2 Å². The number of amides is 4. The van der Waals surface area contributed by atoms with Crippen LogP contribution < -0.4 is 19.3 Å². The summed E-state index contributed by atoms with van der Waals surface area (Å²) < 4.78 is 11.6. The minimum absolute atomic E-state index is 0.376. The Morgan fingerprint density at radius 2 is 0.783 bits per heavy atom. The first-order valence-electron chi connectivity index (χ1n) is 15.2. The molecule has 0 aromatic heterocycles. The van der Waals surface area contributed by atoms with Crippen molar-refractivity contribution in [2.75, 3.05) is 24.0 Å². The third kappa shape index (κ3) is 3.77. The van der Waals surface area contributed by atoms with Gasteiger partial charge in [-0.15, -0.1) is 0 Å². The molecule has 0 saturated carbocycles. The van der Waals surface area contributed by atoms with Crippen LogP contribution in [0.25, 0.3) is 0 Å². The molecule has 4 fully saturated rings. The molecule has 4 aliphatic heterocycles. The minimum atomic E-state index is -0.992. The van der Waals surface area contributed by atoms with Crippen LogP contribution in [0.2, 0.25) is 0 Å². The first-order valence-corrected chi connectivity index (χ1v) is 15.2. The summed E-state index contributed by atoms with van der Waals surface area (Å²) in [6, 6.07) is 28.8. The van der Waals surface area contributed by atoms with E-state index in [4.69, 9.17) is 9.47 Å². The van der Waals surface area contributed by atoms with Gasteiger partial charge >= 0.3 is 0 Å². The van der Waals surface area contributed by atoms with Crippen LogP contribution in [0.5, 0.6) is 11.5 Å². The number of rotatable bonds is 6. The van der Waals surface area contributed by atoms with E-state index in [1.54, 1.807) is 74.9 Å². The van der Waals surface area contributed by atoms with Gasteiger partial charge in [0.25, 0.3) is 11.8 Å². The molecule has 4 aromatic carbocycles. The minimum Gasteiger partial charge on any atom is -0.496 e. The maximum Gasteiger partial charge on any atom is 0.253 e. The smallest absolute Gasteiger partial charge is 0.253 e. The lowest BCUT2D eigenvalue weighted by Crippen LogP contribution is -2.50. The zero-order valence-corrected chi connectivity index (χ0v) is 25.1. The number of carbonyl (C=O) groups is 4. The number of benzene rings is 4. The van der Waals surface area contributed by atoms with Crippen molar-refractivity contribution in [1.82, 2.24) is 10.0 Å². The van der Waals surface area contributed by atoms with E-state index in [1.165, 1.54) is 9.80 Å². The molecule has 0 spiro atoms. The van der Waals surface area contributed by atoms with E-state index in [1.807, 2.05) is 58.5 Å². The predicted molar refractivity (Wildman–Crippen MR) is 168 cm³/mol. The Hall–Kier alpha value is -5.32. The number of anilines is 2. The van der Waals surface area contributed by atoms with Gasteiger partial charge in [-0.25, -0.2) is 19.8 Å². The molecule has 0 unspecified atom stereocenters. The molecular weight excluding hydrogens is 584 g/mol. The van der Waals surface area contributed by atoms with E-state index in [9.17, 15) is 19.2 Å². The molecule has 0 aliphatic carbocycles. The lowest BCUT2D eigenvalue weighted by molar-refractivity contribution is -0.136. The summed E-state index contributed by atoms with van der Waals surface area (Å²) in [5.74, 6) is -2.34. The van der Waals surface area contributed by atoms with Crippen molar-refractivity contribution in [3.63, 3.8) is 0 Å². The third-order valence-corrected chi connectivity index (χ3v) is 9.67. The molecule has 0 radical (unpaired) electrons. The number of hydrazine groups is 1. The van der Waals surface area contributed by atoms with Gasteiger partial charge < -0.3 is 9.47 Å². The molecule has 230 valence electrons. The summed E-state index contributed by atoms with van der Waals surface area (Å²) in [7, 11) is 3.10. The maximum absolute atomic E-state index is 14.6. The van der Waals surface area contributed by atoms with Crippen molar-refractivity contribution in [3.05, 3.63) is 120 Å². The molecule has 46 heavy (non-hydrogen) atoms. The molecule has 0 N–H and O–H groups in total. The second-order valence-electron chi connectivity index (χ2n) is 11.8. The van der Waals surface area contributed by atoms with Crippen LogP contribution in [0.3, 0.4) is 0 Å². The van der Waals surface area contributed by atoms with Crippen molar-refractivity contribution in [2.45, 2.75) is 24.2 Å². The van der Waals surface area contributed by atoms with Gasteiger partial charge in [0.05, 0.1) is 49.5 Å². The first-order chi connectivity index (χ1) is 22.5. The highest BCUT2D eigenvalue weighted by Crippen LogP contribution is 2.61. The van der Waals surface area contributed by atoms with Gasteiger partial charge in [0.1, 0.15) is 23.6 Å². The summed E-state index contributed by atoms with van der Waals surface area (Å²) in [6.07, 6.45) is 0. The van der Waals surface area contributed by atoms with E-state index in [-0.39, 0.29) is 11.8 Å². The molecule has 4 aromatic rings. The SMILES string of the molecule is COc1ccccc1[C@@H]1[C@@H]2C(=O)N(c3ccccc3)C(=O)[C@@H]2N2[C@H](c3ccccc3OC)[C@H]3C(=O)N(c4ccccc4)C(=O)[C@H]3N12. The summed E-state index contributed by atoms with van der Waals surface area (Å²) in [5.41, 5.74) is 2.23. The lowest BCUT2D eigenvalue weighted by atomic mass is 9.83. The maximum atomic E-state index is 14.6. The molecule has 10 nitrogen and oxygen atoms in total. The zero-order valence-electron chi connectivity index (χ0n) is 25.1. The Bertz CT molecular complexity index is 1750. The third-order valence-electron chi connectivity index (χ3n) is 9.67. The monoisotopic (exact) mass is 614 g/mol. The largest absolute Gasteiger partial charge is 0.496 e. The van der Waals surface area contributed by atoms with Crippen LogP contribution >= 0.6 is 0 Å². The lowest BCUT2D eigenvalue weighted by Gasteiger charge is -2.36. The number of nitrogens with zero attached hydrogens (tertiary/aromatic N) is 4. The van der Waals surface area contributed by atoms with Crippen LogP contribution in [0.4, 0.5) is 11.4 Å². The van der Waals surface area contributed by atoms with Gasteiger partial charge in [0.15, 0.2) is 0 Å². The average Bonchev–Trinajstić information content (AvgIpc) is 3.76. The number of carbonyl (C=O) groups excluding carboxylic acids is 4. The van der Waals surface area contributed by atoms with Crippen molar-refractivity contribution >= 4 is 35.0 Å². The Balaban J connectivity index is 1.37. The summed E-state index contributed by atoms with van der Waals surface area (Å²) in [6.45, 7) is 0. The molecule has 4 aliphatic rings. The number of hydrogen-bond donors (Lipinski definition) is 0. The predicted octanol–water partition coefficient (Wildman–Crippen LogP) is 4.15. The topological polar surface area (TPSA) is 99.7 Å². The van der Waals surface area contributed by atoms with Crippen LogP contribution in [0.15, 0.2) is 109 Å². The quantitative estimate of drug-likeness (QED) is 0.299. The highest BCUT2D eigenvalue weighted by molar-refractivity contribution is 6.26. The fourth-order valence-electron chi connectivity index (χ4n) is 7.93. The Kier molecular flexibility index (Phi) is 6.52. The first kappa shape index (κ1) is 28.2. The van der Waals surface area contributed by atoms with Crippen molar-refractivity contribution in [1.29, 1.82) is 0 Å². The Morgan fingerprint density at radius 1 is 0.435 bits per heavy atom. The molecule has 4 heterocycles. The molecule has 4 saturated heterocycles. The summed E-state index contributed by atoms with van der Waals surface area (Å²) in [4.78, 5) is 60.7. The molecule has 10 heteroatoms. The molecule has 4 amide bonds. The Labute approximate surface area is 265 Å². The Morgan fingerprint density at radius 3 is 1.15 bits per heavy atom. The van der Waals surface area contributed by atoms with Gasteiger partial charge in [0.2, 0.25) is 11.8 Å². The van der Waals surface area contributed by atoms with Crippen LogP contribution in [0, 0.1) is 11.8 Å². The van der Waals surface area contributed by atoms with E-state index in [0.29, 0.717) is 34.0 Å². The van der Waals surface area contributed by atoms with Crippen molar-refractivity contribution in [2.24, 2.45) is 11.8 Å². The number of ether oxygens (including phenoxy) is 2. The number of hydrogen-bond acceptors (Lipinski definition) is 8. The van der Waals surface area contributed by atoms with Gasteiger partial charge in [-0.3, -0.25) is 19.2 Å². The highest BCUT2D eigenvalue weighted by atomic mass is 16.5. The normalized spacial score (nSPS) is 27.3. The second-order valence-corrected chi connectivity index (χ2v) is 11.8. The summed E-state index contributed by atoms with van der Waals surface area (Å²) in [5, 5.41) is 3.66. The van der Waals surface area contributed by atoms with Crippen LogP contribution in [0.1, 0.15) is 23.2 Å². The fourth-order valence-corrected chi connectivity index (χ4v) is 7.93. The van der Waals surface area contributed by atoms with E-state index in [0.717, 1.165) is 0 Å². The van der Waals surface area contributed by atoms with E-state index in [2.05, 4.69) is 0 Å².